The summed E-state index contributed by atoms with van der Waals surface area (Å²) in [4.78, 5) is 11.9. The molecular weight excluding hydrogens is 292 g/mol. The number of anilines is 1. The van der Waals surface area contributed by atoms with Crippen molar-refractivity contribution < 1.29 is 14.3 Å². The maximum absolute atomic E-state index is 11.9. The van der Waals surface area contributed by atoms with E-state index in [-0.39, 0.29) is 6.03 Å². The second-order valence-electron chi connectivity index (χ2n) is 4.92. The van der Waals surface area contributed by atoms with Gasteiger partial charge in [-0.05, 0) is 42.3 Å². The molecule has 0 aliphatic rings. The third kappa shape index (κ3) is 5.21. The van der Waals surface area contributed by atoms with Gasteiger partial charge in [-0.2, -0.15) is 0 Å². The molecule has 2 aromatic carbocycles. The van der Waals surface area contributed by atoms with Crippen LogP contribution in [-0.4, -0.2) is 26.3 Å². The Kier molecular flexibility index (Phi) is 6.29. The fourth-order valence-electron chi connectivity index (χ4n) is 2.12. The summed E-state index contributed by atoms with van der Waals surface area (Å²) in [5.74, 6) is 1.52. The van der Waals surface area contributed by atoms with Gasteiger partial charge in [-0.15, -0.1) is 0 Å². The van der Waals surface area contributed by atoms with E-state index in [4.69, 9.17) is 9.47 Å². The van der Waals surface area contributed by atoms with Crippen molar-refractivity contribution in [3.05, 3.63) is 54.1 Å². The number of urea groups is 1. The van der Waals surface area contributed by atoms with Crippen LogP contribution in [0.2, 0.25) is 0 Å². The van der Waals surface area contributed by atoms with E-state index in [1.165, 1.54) is 0 Å². The van der Waals surface area contributed by atoms with Crippen LogP contribution in [0.5, 0.6) is 11.5 Å². The zero-order valence-corrected chi connectivity index (χ0v) is 13.5. The minimum absolute atomic E-state index is 0.232. The lowest BCUT2D eigenvalue weighted by Crippen LogP contribution is -2.32. The normalized spacial score (nSPS) is 10.0. The molecule has 5 nitrogen and oxygen atoms in total. The molecule has 2 aromatic rings. The number of rotatable bonds is 7. The fraction of sp³-hybridized carbons (Fsp3) is 0.278. The molecule has 0 aliphatic heterocycles. The number of ether oxygens (including phenoxy) is 2. The third-order valence-electron chi connectivity index (χ3n) is 3.36. The lowest BCUT2D eigenvalue weighted by atomic mass is 10.1. The Hall–Kier alpha value is -2.69. The Morgan fingerprint density at radius 3 is 2.43 bits per heavy atom. The molecule has 0 spiro atoms. The number of benzene rings is 2. The number of amides is 2. The first-order valence-electron chi connectivity index (χ1n) is 7.62. The van der Waals surface area contributed by atoms with Crippen molar-refractivity contribution in [2.45, 2.75) is 13.3 Å². The SMILES string of the molecule is CCc1ccccc1NC(=O)NCCOc1ccc(OC)cc1. The van der Waals surface area contributed by atoms with E-state index < -0.39 is 0 Å². The second-order valence-corrected chi connectivity index (χ2v) is 4.92. The van der Waals surface area contributed by atoms with Gasteiger partial charge in [0, 0.05) is 5.69 Å². The maximum Gasteiger partial charge on any atom is 0.319 e. The molecule has 0 saturated carbocycles. The van der Waals surface area contributed by atoms with Gasteiger partial charge >= 0.3 is 6.03 Å². The zero-order chi connectivity index (χ0) is 16.5. The zero-order valence-electron chi connectivity index (χ0n) is 13.5. The van der Waals surface area contributed by atoms with Crippen LogP contribution < -0.4 is 20.1 Å². The lowest BCUT2D eigenvalue weighted by molar-refractivity contribution is 0.247. The van der Waals surface area contributed by atoms with Crippen LogP contribution in [-0.2, 0) is 6.42 Å². The van der Waals surface area contributed by atoms with Crippen molar-refractivity contribution in [2.75, 3.05) is 25.6 Å². The largest absolute Gasteiger partial charge is 0.497 e. The third-order valence-corrected chi connectivity index (χ3v) is 3.36. The molecule has 0 saturated heterocycles. The van der Waals surface area contributed by atoms with Gasteiger partial charge in [-0.3, -0.25) is 0 Å². The van der Waals surface area contributed by atoms with Crippen molar-refractivity contribution in [3.8, 4) is 11.5 Å². The number of hydrogen-bond donors (Lipinski definition) is 2. The monoisotopic (exact) mass is 314 g/mol. The molecule has 23 heavy (non-hydrogen) atoms. The Morgan fingerprint density at radius 2 is 1.74 bits per heavy atom. The standard InChI is InChI=1S/C18H22N2O3/c1-3-14-6-4-5-7-17(14)20-18(21)19-12-13-23-16-10-8-15(22-2)9-11-16/h4-11H,3,12-13H2,1-2H3,(H2,19,20,21). The molecule has 2 amide bonds. The van der Waals surface area contributed by atoms with Gasteiger partial charge in [0.15, 0.2) is 0 Å². The molecule has 0 atom stereocenters. The number of nitrogens with one attached hydrogen (secondary N) is 2. The van der Waals surface area contributed by atoms with Gasteiger partial charge in [-0.25, -0.2) is 4.79 Å². The second kappa shape index (κ2) is 8.68. The Labute approximate surface area is 136 Å². The minimum Gasteiger partial charge on any atom is -0.497 e. The van der Waals surface area contributed by atoms with E-state index in [0.717, 1.165) is 29.2 Å². The summed E-state index contributed by atoms with van der Waals surface area (Å²) < 4.78 is 10.6. The van der Waals surface area contributed by atoms with E-state index >= 15 is 0 Å². The van der Waals surface area contributed by atoms with Crippen molar-refractivity contribution in [3.63, 3.8) is 0 Å². The molecule has 0 aromatic heterocycles. The van der Waals surface area contributed by atoms with Crippen molar-refractivity contribution in [2.24, 2.45) is 0 Å². The van der Waals surface area contributed by atoms with Gasteiger partial charge < -0.3 is 20.1 Å². The first-order valence-corrected chi connectivity index (χ1v) is 7.62. The van der Waals surface area contributed by atoms with Crippen molar-refractivity contribution >= 4 is 11.7 Å². The minimum atomic E-state index is -0.232. The predicted molar refractivity (Wildman–Crippen MR) is 91.3 cm³/mol. The molecule has 0 bridgehead atoms. The number of aryl methyl sites for hydroxylation is 1. The van der Waals surface area contributed by atoms with E-state index in [1.54, 1.807) is 7.11 Å². The molecule has 5 heteroatoms. The van der Waals surface area contributed by atoms with E-state index in [1.807, 2.05) is 48.5 Å². The highest BCUT2D eigenvalue weighted by molar-refractivity contribution is 5.90. The molecule has 122 valence electrons. The van der Waals surface area contributed by atoms with Crippen LogP contribution in [0, 0.1) is 0 Å². The number of para-hydroxylation sites is 1. The summed E-state index contributed by atoms with van der Waals surface area (Å²) in [6.45, 7) is 2.88. The first-order chi connectivity index (χ1) is 11.2. The smallest absolute Gasteiger partial charge is 0.319 e. The average Bonchev–Trinajstić information content (AvgIpc) is 2.59. The number of carbonyl (C=O) groups excluding carboxylic acids is 1. The number of hydrogen-bond acceptors (Lipinski definition) is 3. The predicted octanol–water partition coefficient (Wildman–Crippen LogP) is 3.46. The molecule has 0 radical (unpaired) electrons. The quantitative estimate of drug-likeness (QED) is 0.770. The van der Waals surface area contributed by atoms with Gasteiger partial charge in [0.1, 0.15) is 18.1 Å². The van der Waals surface area contributed by atoms with Crippen LogP contribution in [0.4, 0.5) is 10.5 Å². The van der Waals surface area contributed by atoms with Gasteiger partial charge in [0.25, 0.3) is 0 Å². The highest BCUT2D eigenvalue weighted by Gasteiger charge is 2.04. The van der Waals surface area contributed by atoms with Crippen LogP contribution in [0.3, 0.4) is 0 Å². The summed E-state index contributed by atoms with van der Waals surface area (Å²) >= 11 is 0. The molecule has 2 rings (SSSR count). The Morgan fingerprint density at radius 1 is 1.04 bits per heavy atom. The molecule has 0 heterocycles. The van der Waals surface area contributed by atoms with Crippen molar-refractivity contribution in [1.82, 2.24) is 5.32 Å². The summed E-state index contributed by atoms with van der Waals surface area (Å²) in [6.07, 6.45) is 0.872. The van der Waals surface area contributed by atoms with Gasteiger partial charge in [-0.1, -0.05) is 25.1 Å². The summed E-state index contributed by atoms with van der Waals surface area (Å²) in [6, 6.07) is 14.9. The number of carbonyl (C=O) groups is 1. The number of methoxy groups -OCH3 is 1. The molecule has 0 unspecified atom stereocenters. The van der Waals surface area contributed by atoms with Crippen LogP contribution in [0.15, 0.2) is 48.5 Å². The lowest BCUT2D eigenvalue weighted by Gasteiger charge is -2.11. The van der Waals surface area contributed by atoms with E-state index in [2.05, 4.69) is 17.6 Å². The first kappa shape index (κ1) is 16.7. The molecule has 0 fully saturated rings. The van der Waals surface area contributed by atoms with Crippen LogP contribution >= 0.6 is 0 Å². The molecular formula is C18H22N2O3. The average molecular weight is 314 g/mol. The van der Waals surface area contributed by atoms with Gasteiger partial charge in [0.05, 0.1) is 13.7 Å². The molecule has 2 N–H and O–H groups in total. The Balaban J connectivity index is 1.72. The van der Waals surface area contributed by atoms with Gasteiger partial charge in [0.2, 0.25) is 0 Å². The highest BCUT2D eigenvalue weighted by Crippen LogP contribution is 2.17. The van der Waals surface area contributed by atoms with Crippen LogP contribution in [0.25, 0.3) is 0 Å². The topological polar surface area (TPSA) is 59.6 Å². The summed E-state index contributed by atoms with van der Waals surface area (Å²) in [5, 5.41) is 5.63. The van der Waals surface area contributed by atoms with Crippen LogP contribution in [0.1, 0.15) is 12.5 Å². The van der Waals surface area contributed by atoms with E-state index in [9.17, 15) is 4.79 Å². The maximum atomic E-state index is 11.9. The summed E-state index contributed by atoms with van der Waals surface area (Å²) in [7, 11) is 1.62. The van der Waals surface area contributed by atoms with E-state index in [0.29, 0.717) is 13.2 Å². The summed E-state index contributed by atoms with van der Waals surface area (Å²) in [5.41, 5.74) is 1.95. The fourth-order valence-corrected chi connectivity index (χ4v) is 2.12. The molecule has 0 aliphatic carbocycles. The highest BCUT2D eigenvalue weighted by atomic mass is 16.5. The van der Waals surface area contributed by atoms with Crippen molar-refractivity contribution in [1.29, 1.82) is 0 Å². The Bertz CT molecular complexity index is 626.